The maximum atomic E-state index is 13.3. The SMILES string of the molecule is CO\C1=C/C=C\C(C(=O)N2CCN(C(=O)c3ncn(-c4cccc(C)c4)n3)[C@H](C)C2)=C(/C)CC1. The van der Waals surface area contributed by atoms with Crippen LogP contribution in [0.2, 0.25) is 0 Å². The number of hydrogen-bond donors (Lipinski definition) is 0. The van der Waals surface area contributed by atoms with Gasteiger partial charge in [-0.1, -0.05) is 23.8 Å². The zero-order valence-corrected chi connectivity index (χ0v) is 20.2. The van der Waals surface area contributed by atoms with Crippen molar-refractivity contribution in [2.24, 2.45) is 0 Å². The zero-order valence-electron chi connectivity index (χ0n) is 20.2. The van der Waals surface area contributed by atoms with Crippen LogP contribution in [0.1, 0.15) is 42.9 Å². The van der Waals surface area contributed by atoms with Gasteiger partial charge >= 0.3 is 0 Å². The number of carbonyl (C=O) groups is 2. The van der Waals surface area contributed by atoms with Gasteiger partial charge in [0, 0.05) is 37.7 Å². The summed E-state index contributed by atoms with van der Waals surface area (Å²) in [7, 11) is 1.66. The summed E-state index contributed by atoms with van der Waals surface area (Å²) in [5.41, 5.74) is 3.73. The van der Waals surface area contributed by atoms with Crippen molar-refractivity contribution in [3.8, 4) is 5.69 Å². The highest BCUT2D eigenvalue weighted by atomic mass is 16.5. The Morgan fingerprint density at radius 3 is 2.68 bits per heavy atom. The van der Waals surface area contributed by atoms with Crippen LogP contribution in [0.25, 0.3) is 5.69 Å². The molecule has 1 saturated heterocycles. The molecule has 1 aromatic carbocycles. The van der Waals surface area contributed by atoms with E-state index in [4.69, 9.17) is 4.74 Å². The third-order valence-corrected chi connectivity index (χ3v) is 6.37. The summed E-state index contributed by atoms with van der Waals surface area (Å²) in [5.74, 6) is 0.852. The lowest BCUT2D eigenvalue weighted by atomic mass is 9.99. The van der Waals surface area contributed by atoms with E-state index in [0.717, 1.165) is 41.0 Å². The summed E-state index contributed by atoms with van der Waals surface area (Å²) in [6.07, 6.45) is 8.74. The van der Waals surface area contributed by atoms with Gasteiger partial charge in [-0.25, -0.2) is 9.67 Å². The molecule has 0 radical (unpaired) electrons. The Labute approximate surface area is 200 Å². The average molecular weight is 462 g/mol. The third-order valence-electron chi connectivity index (χ3n) is 6.37. The molecule has 178 valence electrons. The fourth-order valence-corrected chi connectivity index (χ4v) is 4.35. The number of benzene rings is 1. The maximum absolute atomic E-state index is 13.3. The molecule has 0 N–H and O–H groups in total. The van der Waals surface area contributed by atoms with Gasteiger partial charge in [0.05, 0.1) is 18.6 Å². The molecule has 2 aliphatic rings. The van der Waals surface area contributed by atoms with E-state index in [2.05, 4.69) is 10.1 Å². The number of aryl methyl sites for hydroxylation is 1. The quantitative estimate of drug-likeness (QED) is 0.697. The lowest BCUT2D eigenvalue weighted by Crippen LogP contribution is -2.55. The fourth-order valence-electron chi connectivity index (χ4n) is 4.35. The van der Waals surface area contributed by atoms with Crippen molar-refractivity contribution >= 4 is 11.8 Å². The predicted molar refractivity (Wildman–Crippen MR) is 129 cm³/mol. The molecule has 1 fully saturated rings. The molecule has 2 aromatic rings. The summed E-state index contributed by atoms with van der Waals surface area (Å²) in [5, 5.41) is 4.40. The number of aromatic nitrogens is 3. The molecule has 4 rings (SSSR count). The molecular weight excluding hydrogens is 430 g/mol. The molecule has 2 amide bonds. The van der Waals surface area contributed by atoms with Gasteiger partial charge in [-0.2, -0.15) is 0 Å². The van der Waals surface area contributed by atoms with Gasteiger partial charge < -0.3 is 14.5 Å². The molecule has 8 nitrogen and oxygen atoms in total. The first-order chi connectivity index (χ1) is 16.4. The van der Waals surface area contributed by atoms with Gasteiger partial charge in [0.2, 0.25) is 5.82 Å². The number of carbonyl (C=O) groups excluding carboxylic acids is 2. The molecule has 34 heavy (non-hydrogen) atoms. The van der Waals surface area contributed by atoms with Crippen molar-refractivity contribution in [3.63, 3.8) is 0 Å². The Bertz CT molecular complexity index is 1180. The van der Waals surface area contributed by atoms with Gasteiger partial charge in [0.15, 0.2) is 0 Å². The molecule has 0 spiro atoms. The minimum atomic E-state index is -0.218. The number of piperazine rings is 1. The lowest BCUT2D eigenvalue weighted by molar-refractivity contribution is -0.129. The third kappa shape index (κ3) is 4.95. The van der Waals surface area contributed by atoms with Gasteiger partial charge in [-0.05, 0) is 57.0 Å². The molecule has 1 aliphatic heterocycles. The van der Waals surface area contributed by atoms with Crippen molar-refractivity contribution in [1.82, 2.24) is 24.6 Å². The van der Waals surface area contributed by atoms with Crippen molar-refractivity contribution in [3.05, 3.63) is 77.1 Å². The lowest BCUT2D eigenvalue weighted by Gasteiger charge is -2.39. The molecule has 1 aromatic heterocycles. The molecular formula is C26H31N5O3. The largest absolute Gasteiger partial charge is 0.501 e. The monoisotopic (exact) mass is 461 g/mol. The second-order valence-electron chi connectivity index (χ2n) is 8.84. The normalized spacial score (nSPS) is 23.5. The highest BCUT2D eigenvalue weighted by Crippen LogP contribution is 2.23. The van der Waals surface area contributed by atoms with Crippen LogP contribution in [0.3, 0.4) is 0 Å². The molecule has 0 bridgehead atoms. The van der Waals surface area contributed by atoms with Gasteiger partial charge in [-0.15, -0.1) is 5.10 Å². The summed E-state index contributed by atoms with van der Waals surface area (Å²) >= 11 is 0. The van der Waals surface area contributed by atoms with Gasteiger partial charge in [-0.3, -0.25) is 9.59 Å². The summed E-state index contributed by atoms with van der Waals surface area (Å²) in [6.45, 7) is 7.33. The van der Waals surface area contributed by atoms with Crippen molar-refractivity contribution in [1.29, 1.82) is 0 Å². The fraction of sp³-hybridized carbons (Fsp3) is 0.385. The molecule has 0 saturated carbocycles. The van der Waals surface area contributed by atoms with E-state index in [-0.39, 0.29) is 23.7 Å². The van der Waals surface area contributed by atoms with E-state index < -0.39 is 0 Å². The minimum absolute atomic E-state index is 0.00353. The number of allylic oxidation sites excluding steroid dienone is 4. The average Bonchev–Trinajstić information content (AvgIpc) is 3.32. The first-order valence-electron chi connectivity index (χ1n) is 11.6. The van der Waals surface area contributed by atoms with Crippen molar-refractivity contribution < 1.29 is 14.3 Å². The molecule has 0 unspecified atom stereocenters. The Morgan fingerprint density at radius 1 is 1.12 bits per heavy atom. The standard InChI is InChI=1S/C26H31N5O3/c1-18-7-5-8-21(15-18)31-17-27-24(28-31)26(33)30-14-13-29(16-20(30)3)25(32)23-10-6-9-22(34-4)12-11-19(23)2/h5-10,15,17,20H,11-14,16H2,1-4H3/b10-6-,22-9-,23-19-/t20-/m1/s1. The predicted octanol–water partition coefficient (Wildman–Crippen LogP) is 3.45. The summed E-state index contributed by atoms with van der Waals surface area (Å²) < 4.78 is 6.96. The van der Waals surface area contributed by atoms with E-state index in [9.17, 15) is 9.59 Å². The number of ether oxygens (including phenoxy) is 1. The van der Waals surface area contributed by atoms with Crippen LogP contribution in [-0.2, 0) is 9.53 Å². The van der Waals surface area contributed by atoms with Crippen LogP contribution in [0.4, 0.5) is 0 Å². The molecule has 8 heteroatoms. The van der Waals surface area contributed by atoms with Crippen LogP contribution in [0.15, 0.2) is 65.7 Å². The van der Waals surface area contributed by atoms with Crippen molar-refractivity contribution in [2.75, 3.05) is 26.7 Å². The minimum Gasteiger partial charge on any atom is -0.501 e. The summed E-state index contributed by atoms with van der Waals surface area (Å²) in [6, 6.07) is 7.72. The van der Waals surface area contributed by atoms with Crippen LogP contribution in [0.5, 0.6) is 0 Å². The number of hydrogen-bond acceptors (Lipinski definition) is 5. The Kier molecular flexibility index (Phi) is 6.95. The van der Waals surface area contributed by atoms with Crippen LogP contribution < -0.4 is 0 Å². The van der Waals surface area contributed by atoms with Crippen molar-refractivity contribution in [2.45, 2.75) is 39.7 Å². The molecule has 1 atom stereocenters. The van der Waals surface area contributed by atoms with E-state index in [1.165, 1.54) is 0 Å². The smallest absolute Gasteiger partial charge is 0.293 e. The maximum Gasteiger partial charge on any atom is 0.293 e. The molecule has 1 aliphatic carbocycles. The Morgan fingerprint density at radius 2 is 1.94 bits per heavy atom. The Hall–Kier alpha value is -3.68. The van der Waals surface area contributed by atoms with Crippen LogP contribution >= 0.6 is 0 Å². The topological polar surface area (TPSA) is 80.6 Å². The highest BCUT2D eigenvalue weighted by Gasteiger charge is 2.33. The first kappa shape index (κ1) is 23.5. The van der Waals surface area contributed by atoms with E-state index in [1.54, 1.807) is 23.0 Å². The Balaban J connectivity index is 1.43. The van der Waals surface area contributed by atoms with Gasteiger partial charge in [0.25, 0.3) is 11.8 Å². The number of methoxy groups -OCH3 is 1. The second-order valence-corrected chi connectivity index (χ2v) is 8.84. The van der Waals surface area contributed by atoms with E-state index >= 15 is 0 Å². The number of amides is 2. The van der Waals surface area contributed by atoms with Gasteiger partial charge in [0.1, 0.15) is 6.33 Å². The highest BCUT2D eigenvalue weighted by molar-refractivity contribution is 5.97. The number of nitrogens with zero attached hydrogens (tertiary/aromatic N) is 5. The van der Waals surface area contributed by atoms with E-state index in [1.807, 2.05) is 68.2 Å². The molecule has 2 heterocycles. The summed E-state index contributed by atoms with van der Waals surface area (Å²) in [4.78, 5) is 34.3. The van der Waals surface area contributed by atoms with Crippen LogP contribution in [0, 0.1) is 6.92 Å². The van der Waals surface area contributed by atoms with Crippen LogP contribution in [-0.4, -0.2) is 69.2 Å². The second kappa shape index (κ2) is 10.1. The first-order valence-corrected chi connectivity index (χ1v) is 11.6. The number of rotatable bonds is 4. The van der Waals surface area contributed by atoms with E-state index in [0.29, 0.717) is 19.6 Å². The zero-order chi connectivity index (χ0) is 24.2.